The summed E-state index contributed by atoms with van der Waals surface area (Å²) in [6.07, 6.45) is 0.307. The maximum Gasteiger partial charge on any atom is 0.273 e. The van der Waals surface area contributed by atoms with Gasteiger partial charge in [0.05, 0.1) is 6.21 Å². The lowest BCUT2D eigenvalue weighted by atomic mass is 10.1. The number of rotatable bonds is 5. The number of nitrogens with zero attached hydrogens (tertiary/aromatic N) is 2. The van der Waals surface area contributed by atoms with Crippen molar-refractivity contribution in [1.29, 1.82) is 0 Å². The number of halogens is 1. The lowest BCUT2D eigenvalue weighted by molar-refractivity contribution is -0.129. The first-order valence-corrected chi connectivity index (χ1v) is 8.86. The molecule has 0 aliphatic rings. The van der Waals surface area contributed by atoms with Crippen LogP contribution in [-0.2, 0) is 4.79 Å². The number of hydrazone groups is 1. The quantitative estimate of drug-likeness (QED) is 0.519. The van der Waals surface area contributed by atoms with Gasteiger partial charge in [0.1, 0.15) is 0 Å². The number of aromatic nitrogens is 1. The Morgan fingerprint density at radius 2 is 1.89 bits per heavy atom. The number of amides is 1. The van der Waals surface area contributed by atoms with Gasteiger partial charge in [0.15, 0.2) is 6.10 Å². The molecule has 0 aliphatic carbocycles. The molecule has 0 unspecified atom stereocenters. The van der Waals surface area contributed by atoms with Gasteiger partial charge in [-0.05, 0) is 43.7 Å². The standard InChI is InChI=1S/C21H20ClN3O2/c1-14-11-17(15(2)25(14)19-10-6-9-18(22)12-19)13-23-24-21(27)20(26)16-7-4-3-5-8-16/h3-13,20,26H,1-2H3,(H,24,27)/b23-13-/t20-/m1/s1. The highest BCUT2D eigenvalue weighted by Crippen LogP contribution is 2.22. The second-order valence-corrected chi connectivity index (χ2v) is 6.63. The number of aliphatic hydroxyl groups is 1. The van der Waals surface area contributed by atoms with Gasteiger partial charge in [-0.15, -0.1) is 0 Å². The summed E-state index contributed by atoms with van der Waals surface area (Å²) in [5.41, 5.74) is 6.71. The third-order valence-corrected chi connectivity index (χ3v) is 4.51. The van der Waals surface area contributed by atoms with Crippen molar-refractivity contribution in [2.24, 2.45) is 5.10 Å². The Morgan fingerprint density at radius 3 is 2.59 bits per heavy atom. The van der Waals surface area contributed by atoms with Gasteiger partial charge in [0, 0.05) is 27.7 Å². The molecule has 6 heteroatoms. The number of hydrogen-bond donors (Lipinski definition) is 2. The highest BCUT2D eigenvalue weighted by molar-refractivity contribution is 6.30. The average molecular weight is 382 g/mol. The van der Waals surface area contributed by atoms with Crippen LogP contribution < -0.4 is 5.43 Å². The summed E-state index contributed by atoms with van der Waals surface area (Å²) < 4.78 is 2.06. The molecule has 2 N–H and O–H groups in total. The SMILES string of the molecule is Cc1cc(/C=N\NC(=O)[C@H](O)c2ccccc2)c(C)n1-c1cccc(Cl)c1. The van der Waals surface area contributed by atoms with E-state index in [0.717, 1.165) is 22.6 Å². The summed E-state index contributed by atoms with van der Waals surface area (Å²) in [6.45, 7) is 3.96. The normalized spacial score (nSPS) is 12.3. The van der Waals surface area contributed by atoms with Gasteiger partial charge in [-0.2, -0.15) is 5.10 Å². The molecule has 3 rings (SSSR count). The van der Waals surface area contributed by atoms with Crippen molar-refractivity contribution in [2.75, 3.05) is 0 Å². The maximum atomic E-state index is 12.1. The minimum atomic E-state index is -1.26. The lowest BCUT2D eigenvalue weighted by Crippen LogP contribution is -2.25. The van der Waals surface area contributed by atoms with E-state index in [0.29, 0.717) is 10.6 Å². The molecule has 27 heavy (non-hydrogen) atoms. The third-order valence-electron chi connectivity index (χ3n) is 4.28. The third kappa shape index (κ3) is 4.27. The van der Waals surface area contributed by atoms with Crippen LogP contribution >= 0.6 is 11.6 Å². The van der Waals surface area contributed by atoms with Crippen molar-refractivity contribution in [3.63, 3.8) is 0 Å². The predicted octanol–water partition coefficient (Wildman–Crippen LogP) is 3.93. The first-order chi connectivity index (χ1) is 13.0. The first-order valence-electron chi connectivity index (χ1n) is 8.48. The number of carbonyl (C=O) groups is 1. The monoisotopic (exact) mass is 381 g/mol. The summed E-state index contributed by atoms with van der Waals surface area (Å²) >= 11 is 6.09. The van der Waals surface area contributed by atoms with E-state index in [1.807, 2.05) is 50.2 Å². The molecule has 2 aromatic carbocycles. The average Bonchev–Trinajstić information content (AvgIpc) is 2.95. The molecule has 138 valence electrons. The van der Waals surface area contributed by atoms with Gasteiger partial charge < -0.3 is 9.67 Å². The molecule has 0 aliphatic heterocycles. The molecular formula is C21H20ClN3O2. The molecule has 0 bridgehead atoms. The number of benzene rings is 2. The first kappa shape index (κ1) is 18.9. The second kappa shape index (κ2) is 8.20. The van der Waals surface area contributed by atoms with Crippen LogP contribution in [0.5, 0.6) is 0 Å². The molecule has 0 radical (unpaired) electrons. The van der Waals surface area contributed by atoms with Gasteiger partial charge in [0.2, 0.25) is 0 Å². The molecule has 1 heterocycles. The number of nitrogens with one attached hydrogen (secondary N) is 1. The zero-order valence-electron chi connectivity index (χ0n) is 15.1. The van der Waals surface area contributed by atoms with Gasteiger partial charge >= 0.3 is 0 Å². The largest absolute Gasteiger partial charge is 0.378 e. The molecule has 5 nitrogen and oxygen atoms in total. The fourth-order valence-electron chi connectivity index (χ4n) is 2.94. The maximum absolute atomic E-state index is 12.1. The van der Waals surface area contributed by atoms with E-state index in [1.54, 1.807) is 30.5 Å². The second-order valence-electron chi connectivity index (χ2n) is 6.19. The van der Waals surface area contributed by atoms with Crippen LogP contribution in [0.1, 0.15) is 28.6 Å². The van der Waals surface area contributed by atoms with Crippen molar-refractivity contribution in [3.05, 3.63) is 88.2 Å². The number of aryl methyl sites for hydroxylation is 1. The molecule has 0 saturated heterocycles. The zero-order valence-corrected chi connectivity index (χ0v) is 15.8. The van der Waals surface area contributed by atoms with Crippen molar-refractivity contribution in [1.82, 2.24) is 9.99 Å². The molecule has 0 fully saturated rings. The van der Waals surface area contributed by atoms with Crippen LogP contribution in [0.2, 0.25) is 5.02 Å². The van der Waals surface area contributed by atoms with Crippen LogP contribution in [-0.4, -0.2) is 21.8 Å². The van der Waals surface area contributed by atoms with Crippen molar-refractivity contribution in [2.45, 2.75) is 20.0 Å². The van der Waals surface area contributed by atoms with Crippen LogP contribution in [0.15, 0.2) is 65.8 Å². The summed E-state index contributed by atoms with van der Waals surface area (Å²) in [6, 6.07) is 18.3. The van der Waals surface area contributed by atoms with Crippen LogP contribution in [0.25, 0.3) is 5.69 Å². The summed E-state index contributed by atoms with van der Waals surface area (Å²) in [7, 11) is 0. The Bertz CT molecular complexity index is 980. The fraction of sp³-hybridized carbons (Fsp3) is 0.143. The van der Waals surface area contributed by atoms with E-state index in [1.165, 1.54) is 0 Å². The minimum absolute atomic E-state index is 0.518. The van der Waals surface area contributed by atoms with Gasteiger partial charge in [-0.25, -0.2) is 5.43 Å². The zero-order chi connectivity index (χ0) is 19.4. The molecule has 1 amide bonds. The van der Waals surface area contributed by atoms with E-state index in [9.17, 15) is 9.90 Å². The molecule has 0 saturated carbocycles. The predicted molar refractivity (Wildman–Crippen MR) is 107 cm³/mol. The van der Waals surface area contributed by atoms with Crippen LogP contribution in [0.3, 0.4) is 0 Å². The Balaban J connectivity index is 1.75. The van der Waals surface area contributed by atoms with E-state index < -0.39 is 12.0 Å². The topological polar surface area (TPSA) is 66.6 Å². The van der Waals surface area contributed by atoms with E-state index >= 15 is 0 Å². The van der Waals surface area contributed by atoms with E-state index in [4.69, 9.17) is 11.6 Å². The Labute approximate surface area is 162 Å². The molecule has 1 atom stereocenters. The number of hydrogen-bond acceptors (Lipinski definition) is 3. The van der Waals surface area contributed by atoms with Crippen molar-refractivity contribution < 1.29 is 9.90 Å². The van der Waals surface area contributed by atoms with Crippen molar-refractivity contribution in [3.8, 4) is 5.69 Å². The van der Waals surface area contributed by atoms with E-state index in [-0.39, 0.29) is 0 Å². The van der Waals surface area contributed by atoms with E-state index in [2.05, 4.69) is 15.1 Å². The minimum Gasteiger partial charge on any atom is -0.378 e. The van der Waals surface area contributed by atoms with Gasteiger partial charge in [0.25, 0.3) is 5.91 Å². The van der Waals surface area contributed by atoms with Gasteiger partial charge in [-0.3, -0.25) is 4.79 Å². The molecule has 3 aromatic rings. The highest BCUT2D eigenvalue weighted by Gasteiger charge is 2.16. The summed E-state index contributed by atoms with van der Waals surface area (Å²) in [4.78, 5) is 12.1. The summed E-state index contributed by atoms with van der Waals surface area (Å²) in [5, 5.41) is 14.7. The Kier molecular flexibility index (Phi) is 5.74. The number of aliphatic hydroxyl groups excluding tert-OH is 1. The fourth-order valence-corrected chi connectivity index (χ4v) is 3.13. The van der Waals surface area contributed by atoms with Crippen molar-refractivity contribution >= 4 is 23.7 Å². The molecule has 1 aromatic heterocycles. The Morgan fingerprint density at radius 1 is 1.15 bits per heavy atom. The lowest BCUT2D eigenvalue weighted by Gasteiger charge is -2.10. The van der Waals surface area contributed by atoms with Crippen LogP contribution in [0.4, 0.5) is 0 Å². The highest BCUT2D eigenvalue weighted by atomic mass is 35.5. The number of carbonyl (C=O) groups excluding carboxylic acids is 1. The molecular weight excluding hydrogens is 362 g/mol. The molecule has 0 spiro atoms. The smallest absolute Gasteiger partial charge is 0.273 e. The van der Waals surface area contributed by atoms with Crippen LogP contribution in [0, 0.1) is 13.8 Å². The van der Waals surface area contributed by atoms with Gasteiger partial charge in [-0.1, -0.05) is 48.0 Å². The summed E-state index contributed by atoms with van der Waals surface area (Å²) in [5.74, 6) is -0.582. The Hall–Kier alpha value is -2.89.